The van der Waals surface area contributed by atoms with E-state index in [4.69, 9.17) is 4.74 Å². The van der Waals surface area contributed by atoms with Gasteiger partial charge in [0.1, 0.15) is 6.10 Å². The molecule has 58 heavy (non-hydrogen) atoms. The molecule has 0 radical (unpaired) electrons. The predicted molar refractivity (Wildman–Crippen MR) is 250 cm³/mol. The normalized spacial score (nSPS) is 14.2. The Morgan fingerprint density at radius 1 is 0.534 bits per heavy atom. The van der Waals surface area contributed by atoms with Crippen molar-refractivity contribution in [3.8, 4) is 0 Å². The first-order valence-corrected chi connectivity index (χ1v) is 23.5. The summed E-state index contributed by atoms with van der Waals surface area (Å²) in [5.74, 6) is -0.584. The van der Waals surface area contributed by atoms with Crippen LogP contribution in [0.15, 0.2) is 97.2 Å². The van der Waals surface area contributed by atoms with Crippen molar-refractivity contribution in [2.45, 2.75) is 212 Å². The molecule has 0 saturated carbocycles. The summed E-state index contributed by atoms with van der Waals surface area (Å²) in [6.07, 6.45) is 59.0. The Kier molecular flexibility index (Phi) is 42.4. The third-order valence-corrected chi connectivity index (χ3v) is 10.0. The van der Waals surface area contributed by atoms with Crippen LogP contribution in [-0.2, 0) is 14.3 Å². The first-order chi connectivity index (χ1) is 28.5. The van der Waals surface area contributed by atoms with Crippen molar-refractivity contribution in [3.63, 3.8) is 0 Å². The van der Waals surface area contributed by atoms with Crippen LogP contribution in [-0.4, -0.2) is 46.9 Å². The largest absolute Gasteiger partial charge is 0.462 e. The zero-order valence-electron chi connectivity index (χ0n) is 37.4. The summed E-state index contributed by atoms with van der Waals surface area (Å²) in [6, 6.07) is -0.733. The lowest BCUT2D eigenvalue weighted by atomic mass is 10.0. The van der Waals surface area contributed by atoms with Gasteiger partial charge >= 0.3 is 5.97 Å². The van der Waals surface area contributed by atoms with Gasteiger partial charge in [-0.15, -0.1) is 0 Å². The Morgan fingerprint density at radius 3 is 1.62 bits per heavy atom. The molecule has 3 unspecified atom stereocenters. The minimum atomic E-state index is -0.814. The second kappa shape index (κ2) is 44.9. The molecule has 6 heteroatoms. The molecule has 0 aromatic rings. The number of hydrogen-bond acceptors (Lipinski definition) is 5. The molecule has 0 saturated heterocycles. The summed E-state index contributed by atoms with van der Waals surface area (Å²) < 4.78 is 5.86. The quantitative estimate of drug-likeness (QED) is 0.0248. The van der Waals surface area contributed by atoms with Crippen molar-refractivity contribution in [1.82, 2.24) is 5.32 Å². The van der Waals surface area contributed by atoms with Crippen molar-refractivity contribution in [1.29, 1.82) is 0 Å². The Hall–Kier alpha value is -3.22. The van der Waals surface area contributed by atoms with E-state index in [-0.39, 0.29) is 24.9 Å². The summed E-state index contributed by atoms with van der Waals surface area (Å²) in [5.41, 5.74) is 0. The van der Waals surface area contributed by atoms with Crippen LogP contribution in [0, 0.1) is 0 Å². The third kappa shape index (κ3) is 39.6. The summed E-state index contributed by atoms with van der Waals surface area (Å²) in [6.45, 7) is 6.24. The number of ether oxygens (including phenoxy) is 1. The number of esters is 1. The van der Waals surface area contributed by atoms with Crippen LogP contribution >= 0.6 is 0 Å². The third-order valence-electron chi connectivity index (χ3n) is 10.0. The topological polar surface area (TPSA) is 95.9 Å². The number of carbonyl (C=O) groups excluding carboxylic acids is 2. The number of hydrogen-bond donors (Lipinski definition) is 3. The number of aliphatic hydroxyl groups excluding tert-OH is 2. The highest BCUT2D eigenvalue weighted by Gasteiger charge is 2.24. The van der Waals surface area contributed by atoms with Crippen LogP contribution < -0.4 is 5.32 Å². The Labute approximate surface area is 356 Å². The van der Waals surface area contributed by atoms with Crippen LogP contribution in [0.25, 0.3) is 0 Å². The van der Waals surface area contributed by atoms with Gasteiger partial charge < -0.3 is 20.3 Å². The average molecular weight is 806 g/mol. The average Bonchev–Trinajstić information content (AvgIpc) is 3.22. The molecule has 0 spiro atoms. The highest BCUT2D eigenvalue weighted by atomic mass is 16.5. The number of rotatable bonds is 40. The Bertz CT molecular complexity index is 1180. The molecule has 0 rings (SSSR count). The van der Waals surface area contributed by atoms with E-state index in [0.29, 0.717) is 19.3 Å². The van der Waals surface area contributed by atoms with E-state index >= 15 is 0 Å². The molecule has 0 aliphatic heterocycles. The van der Waals surface area contributed by atoms with Gasteiger partial charge in [-0.25, -0.2) is 0 Å². The van der Waals surface area contributed by atoms with Gasteiger partial charge in [0.25, 0.3) is 0 Å². The monoisotopic (exact) mass is 806 g/mol. The highest BCUT2D eigenvalue weighted by Crippen LogP contribution is 2.16. The summed E-state index contributed by atoms with van der Waals surface area (Å²) in [5, 5.41) is 23.6. The molecular weight excluding hydrogens is 719 g/mol. The minimum Gasteiger partial charge on any atom is -0.462 e. The number of allylic oxidation sites excluding steroid dienone is 16. The van der Waals surface area contributed by atoms with Gasteiger partial charge in [-0.3, -0.25) is 9.59 Å². The maximum absolute atomic E-state index is 13.1. The van der Waals surface area contributed by atoms with E-state index in [0.717, 1.165) is 83.5 Å². The molecule has 0 fully saturated rings. The fraction of sp³-hybridized carbons (Fsp3) is 0.654. The Balaban J connectivity index is 4.76. The maximum Gasteiger partial charge on any atom is 0.306 e. The van der Waals surface area contributed by atoms with E-state index in [1.807, 2.05) is 48.6 Å². The van der Waals surface area contributed by atoms with Crippen molar-refractivity contribution in [2.24, 2.45) is 0 Å². The molecule has 3 atom stereocenters. The van der Waals surface area contributed by atoms with Crippen molar-refractivity contribution in [2.75, 3.05) is 6.61 Å². The smallest absolute Gasteiger partial charge is 0.306 e. The van der Waals surface area contributed by atoms with Crippen molar-refractivity contribution >= 4 is 11.9 Å². The lowest BCUT2D eigenvalue weighted by Crippen LogP contribution is -2.46. The van der Waals surface area contributed by atoms with Gasteiger partial charge in [-0.2, -0.15) is 0 Å². The van der Waals surface area contributed by atoms with Gasteiger partial charge in [0, 0.05) is 6.42 Å². The fourth-order valence-corrected chi connectivity index (χ4v) is 6.46. The number of carbonyl (C=O) groups is 2. The SMILES string of the molecule is CC/C=C/C=C/C=C\C=C/C=C/CCCC(CC(=O)NC(CO)C(O)CCCCCCCCCCC)OC(=O)CCCCCC/C=C\C/C=C\C/C=C\CCCCC. The fourth-order valence-electron chi connectivity index (χ4n) is 6.46. The number of amides is 1. The molecule has 330 valence electrons. The van der Waals surface area contributed by atoms with Crippen LogP contribution in [0.2, 0.25) is 0 Å². The molecule has 3 N–H and O–H groups in total. The first kappa shape index (κ1) is 54.8. The van der Waals surface area contributed by atoms with E-state index in [9.17, 15) is 19.8 Å². The van der Waals surface area contributed by atoms with E-state index in [2.05, 4.69) is 74.7 Å². The highest BCUT2D eigenvalue weighted by molar-refractivity contribution is 5.77. The van der Waals surface area contributed by atoms with Crippen molar-refractivity contribution < 1.29 is 24.5 Å². The zero-order chi connectivity index (χ0) is 42.4. The van der Waals surface area contributed by atoms with Gasteiger partial charge in [0.05, 0.1) is 25.2 Å². The van der Waals surface area contributed by atoms with Crippen LogP contribution in [0.4, 0.5) is 0 Å². The van der Waals surface area contributed by atoms with E-state index in [1.165, 1.54) is 64.2 Å². The number of aliphatic hydroxyl groups is 2. The minimum absolute atomic E-state index is 0.0135. The molecule has 0 aliphatic rings. The first-order valence-electron chi connectivity index (χ1n) is 23.5. The molecule has 0 aromatic carbocycles. The molecule has 0 aromatic heterocycles. The number of nitrogens with one attached hydrogen (secondary N) is 1. The second-order valence-corrected chi connectivity index (χ2v) is 15.5. The lowest BCUT2D eigenvalue weighted by Gasteiger charge is -2.24. The van der Waals surface area contributed by atoms with Crippen LogP contribution in [0.1, 0.15) is 194 Å². The molecule has 0 aliphatic carbocycles. The van der Waals surface area contributed by atoms with Crippen LogP contribution in [0.3, 0.4) is 0 Å². The molecule has 0 heterocycles. The number of unbranched alkanes of at least 4 members (excludes halogenated alkanes) is 16. The summed E-state index contributed by atoms with van der Waals surface area (Å²) >= 11 is 0. The van der Waals surface area contributed by atoms with Gasteiger partial charge in [-0.05, 0) is 77.0 Å². The molecule has 0 bridgehead atoms. The van der Waals surface area contributed by atoms with E-state index < -0.39 is 18.2 Å². The zero-order valence-corrected chi connectivity index (χ0v) is 37.4. The van der Waals surface area contributed by atoms with Gasteiger partial charge in [0.2, 0.25) is 5.91 Å². The van der Waals surface area contributed by atoms with E-state index in [1.54, 1.807) is 0 Å². The van der Waals surface area contributed by atoms with Crippen molar-refractivity contribution in [3.05, 3.63) is 97.2 Å². The van der Waals surface area contributed by atoms with Gasteiger partial charge in [0.15, 0.2) is 0 Å². The Morgan fingerprint density at radius 2 is 1.02 bits per heavy atom. The van der Waals surface area contributed by atoms with Crippen LogP contribution in [0.5, 0.6) is 0 Å². The summed E-state index contributed by atoms with van der Waals surface area (Å²) in [4.78, 5) is 26.0. The lowest BCUT2D eigenvalue weighted by molar-refractivity contribution is -0.151. The predicted octanol–water partition coefficient (Wildman–Crippen LogP) is 13.8. The summed E-state index contributed by atoms with van der Waals surface area (Å²) in [7, 11) is 0. The molecule has 6 nitrogen and oxygen atoms in total. The maximum atomic E-state index is 13.1. The standard InChI is InChI=1S/C52H87NO5/c1-4-7-10-13-16-19-21-23-24-25-26-28-30-33-36-39-42-45-52(57)58-48(43-40-37-34-32-29-27-22-20-17-14-11-8-5-2)46-51(56)53-49(47-54)50(55)44-41-38-35-31-18-15-12-9-6-3/h8,11,14,16-17,19-20,22-24,26-29,32,34,48-50,54-55H,4-7,9-10,12-13,15,18,21,25,30-31,33,35-47H2,1-3H3,(H,53,56)/b11-8+,17-14+,19-16-,22-20-,24-23-,28-26-,29-27-,34-32+. The molecule has 1 amide bonds. The second-order valence-electron chi connectivity index (χ2n) is 15.5. The molecular formula is C52H87NO5. The van der Waals surface area contributed by atoms with Gasteiger partial charge in [-0.1, -0.05) is 201 Å².